The molecule has 2 rings (SSSR count). The minimum atomic E-state index is -1.41. The largest absolute Gasteiger partial charge is 0.488 e. The van der Waals surface area contributed by atoms with E-state index in [9.17, 15) is 0 Å². The molecule has 0 saturated heterocycles. The third-order valence-corrected chi connectivity index (χ3v) is 2.15. The number of nitrogens with zero attached hydrogens (tertiary/aromatic N) is 2. The second-order valence-electron chi connectivity index (χ2n) is 3.32. The lowest BCUT2D eigenvalue weighted by molar-refractivity contribution is 0.425. The van der Waals surface area contributed by atoms with Crippen molar-refractivity contribution >= 4 is 12.6 Å². The predicted molar refractivity (Wildman–Crippen MR) is 57.6 cm³/mol. The first-order chi connectivity index (χ1) is 7.25. The van der Waals surface area contributed by atoms with Gasteiger partial charge in [0.05, 0.1) is 6.54 Å². The van der Waals surface area contributed by atoms with Gasteiger partial charge in [-0.2, -0.15) is 5.10 Å². The molecular weight excluding hydrogens is 191 g/mol. The average molecular weight is 202 g/mol. The maximum absolute atomic E-state index is 9.01. The number of hydrogen-bond acceptors (Lipinski definition) is 3. The number of rotatable bonds is 3. The summed E-state index contributed by atoms with van der Waals surface area (Å²) in [7, 11) is -1.41. The van der Waals surface area contributed by atoms with Crippen LogP contribution in [0.2, 0.25) is 0 Å². The third-order valence-electron chi connectivity index (χ3n) is 2.15. The monoisotopic (exact) mass is 202 g/mol. The van der Waals surface area contributed by atoms with Crippen molar-refractivity contribution < 1.29 is 10.0 Å². The van der Waals surface area contributed by atoms with E-state index in [1.54, 1.807) is 29.1 Å². The topological polar surface area (TPSA) is 58.3 Å². The van der Waals surface area contributed by atoms with Crippen LogP contribution in [0.4, 0.5) is 0 Å². The van der Waals surface area contributed by atoms with Gasteiger partial charge >= 0.3 is 7.12 Å². The van der Waals surface area contributed by atoms with Crippen LogP contribution in [0.25, 0.3) is 0 Å². The van der Waals surface area contributed by atoms with Crippen LogP contribution in [0, 0.1) is 0 Å². The maximum atomic E-state index is 9.01. The Kier molecular flexibility index (Phi) is 2.85. The summed E-state index contributed by atoms with van der Waals surface area (Å²) in [6, 6.07) is 9.01. The highest BCUT2D eigenvalue weighted by Gasteiger charge is 2.10. The molecule has 2 aromatic rings. The van der Waals surface area contributed by atoms with Gasteiger partial charge in [0.15, 0.2) is 0 Å². The van der Waals surface area contributed by atoms with E-state index in [2.05, 4.69) is 5.10 Å². The summed E-state index contributed by atoms with van der Waals surface area (Å²) in [5.41, 5.74) is 1.49. The quantitative estimate of drug-likeness (QED) is 0.666. The molecule has 15 heavy (non-hydrogen) atoms. The number of aromatic nitrogens is 2. The Morgan fingerprint density at radius 1 is 1.27 bits per heavy atom. The van der Waals surface area contributed by atoms with Crippen LogP contribution >= 0.6 is 0 Å². The molecule has 1 heterocycles. The van der Waals surface area contributed by atoms with Crippen molar-refractivity contribution in [1.29, 1.82) is 0 Å². The molecule has 1 aromatic heterocycles. The zero-order valence-corrected chi connectivity index (χ0v) is 8.11. The van der Waals surface area contributed by atoms with Crippen molar-refractivity contribution in [3.63, 3.8) is 0 Å². The Morgan fingerprint density at radius 2 is 2.13 bits per heavy atom. The highest BCUT2D eigenvalue weighted by molar-refractivity contribution is 6.58. The highest BCUT2D eigenvalue weighted by Crippen LogP contribution is 2.00. The molecule has 2 N–H and O–H groups in total. The van der Waals surface area contributed by atoms with Crippen LogP contribution in [-0.4, -0.2) is 26.9 Å². The highest BCUT2D eigenvalue weighted by atomic mass is 16.4. The predicted octanol–water partition coefficient (Wildman–Crippen LogP) is -0.389. The average Bonchev–Trinajstić information content (AvgIpc) is 2.71. The second-order valence-corrected chi connectivity index (χ2v) is 3.32. The smallest absolute Gasteiger partial charge is 0.423 e. The molecule has 0 unspecified atom stereocenters. The Morgan fingerprint density at radius 3 is 2.80 bits per heavy atom. The molecule has 1 aromatic carbocycles. The van der Waals surface area contributed by atoms with Crippen molar-refractivity contribution in [2.75, 3.05) is 0 Å². The molecular formula is C10H11BN2O2. The molecule has 4 nitrogen and oxygen atoms in total. The Balaban J connectivity index is 2.18. The summed E-state index contributed by atoms with van der Waals surface area (Å²) in [5, 5.41) is 22.1. The molecule has 0 aliphatic heterocycles. The minimum Gasteiger partial charge on any atom is -0.423 e. The van der Waals surface area contributed by atoms with Crippen molar-refractivity contribution in [2.24, 2.45) is 0 Å². The minimum absolute atomic E-state index is 0.500. The second kappa shape index (κ2) is 4.29. The number of benzene rings is 1. The lowest BCUT2D eigenvalue weighted by Crippen LogP contribution is -2.30. The van der Waals surface area contributed by atoms with E-state index in [1.165, 1.54) is 0 Å². The van der Waals surface area contributed by atoms with Gasteiger partial charge in [0.25, 0.3) is 0 Å². The molecule has 0 radical (unpaired) electrons. The molecule has 0 bridgehead atoms. The fourth-order valence-corrected chi connectivity index (χ4v) is 1.43. The number of hydrogen-bond donors (Lipinski definition) is 2. The van der Waals surface area contributed by atoms with Gasteiger partial charge in [0.2, 0.25) is 0 Å². The first-order valence-corrected chi connectivity index (χ1v) is 4.68. The van der Waals surface area contributed by atoms with E-state index in [1.807, 2.05) is 18.3 Å². The molecule has 76 valence electrons. The van der Waals surface area contributed by atoms with E-state index in [0.29, 0.717) is 12.0 Å². The van der Waals surface area contributed by atoms with Crippen LogP contribution in [-0.2, 0) is 6.54 Å². The third kappa shape index (κ3) is 2.46. The van der Waals surface area contributed by atoms with Crippen molar-refractivity contribution in [3.8, 4) is 0 Å². The summed E-state index contributed by atoms with van der Waals surface area (Å²) in [6.07, 6.45) is 3.58. The molecule has 5 heteroatoms. The Hall–Kier alpha value is -1.59. The van der Waals surface area contributed by atoms with E-state index in [-0.39, 0.29) is 0 Å². The van der Waals surface area contributed by atoms with Gasteiger partial charge in [-0.15, -0.1) is 0 Å². The first kappa shape index (κ1) is 9.95. The van der Waals surface area contributed by atoms with E-state index in [0.717, 1.165) is 5.56 Å². The van der Waals surface area contributed by atoms with E-state index in [4.69, 9.17) is 10.0 Å². The van der Waals surface area contributed by atoms with Gasteiger partial charge in [0, 0.05) is 12.4 Å². The zero-order valence-electron chi connectivity index (χ0n) is 8.11. The summed E-state index contributed by atoms with van der Waals surface area (Å²) < 4.78 is 1.78. The SMILES string of the molecule is OB(O)c1cccc(Cn2cccn2)c1. The lowest BCUT2D eigenvalue weighted by atomic mass is 9.80. The van der Waals surface area contributed by atoms with Crippen LogP contribution in [0.5, 0.6) is 0 Å². The van der Waals surface area contributed by atoms with Crippen molar-refractivity contribution in [3.05, 3.63) is 48.3 Å². The fraction of sp³-hybridized carbons (Fsp3) is 0.100. The normalized spacial score (nSPS) is 10.3. The lowest BCUT2D eigenvalue weighted by Gasteiger charge is -2.04. The molecule has 0 amide bonds. The van der Waals surface area contributed by atoms with Crippen LogP contribution in [0.15, 0.2) is 42.7 Å². The van der Waals surface area contributed by atoms with Gasteiger partial charge in [0.1, 0.15) is 0 Å². The molecule has 0 saturated carbocycles. The summed E-state index contributed by atoms with van der Waals surface area (Å²) in [4.78, 5) is 0. The van der Waals surface area contributed by atoms with E-state index >= 15 is 0 Å². The Bertz CT molecular complexity index is 429. The molecule has 0 aliphatic rings. The molecule has 0 fully saturated rings. The van der Waals surface area contributed by atoms with Crippen LogP contribution in [0.1, 0.15) is 5.56 Å². The standard InChI is InChI=1S/C10H11BN2O2/c14-11(15)10-4-1-3-9(7-10)8-13-6-2-5-12-13/h1-7,14-15H,8H2. The summed E-state index contributed by atoms with van der Waals surface area (Å²) >= 11 is 0. The van der Waals surface area contributed by atoms with Crippen LogP contribution < -0.4 is 5.46 Å². The fourth-order valence-electron chi connectivity index (χ4n) is 1.43. The molecule has 0 spiro atoms. The zero-order chi connectivity index (χ0) is 10.7. The first-order valence-electron chi connectivity index (χ1n) is 4.68. The molecule has 0 aliphatic carbocycles. The van der Waals surface area contributed by atoms with Crippen molar-refractivity contribution in [2.45, 2.75) is 6.54 Å². The van der Waals surface area contributed by atoms with Gasteiger partial charge in [-0.05, 0) is 17.1 Å². The van der Waals surface area contributed by atoms with E-state index < -0.39 is 7.12 Å². The van der Waals surface area contributed by atoms with Gasteiger partial charge < -0.3 is 10.0 Å². The maximum Gasteiger partial charge on any atom is 0.488 e. The van der Waals surface area contributed by atoms with Gasteiger partial charge in [-0.1, -0.05) is 24.3 Å². The summed E-state index contributed by atoms with van der Waals surface area (Å²) in [6.45, 7) is 0.632. The van der Waals surface area contributed by atoms with Gasteiger partial charge in [-0.25, -0.2) is 0 Å². The van der Waals surface area contributed by atoms with Gasteiger partial charge in [-0.3, -0.25) is 4.68 Å². The van der Waals surface area contributed by atoms with Crippen LogP contribution in [0.3, 0.4) is 0 Å². The Labute approximate surface area is 87.9 Å². The van der Waals surface area contributed by atoms with Crippen molar-refractivity contribution in [1.82, 2.24) is 9.78 Å². The summed E-state index contributed by atoms with van der Waals surface area (Å²) in [5.74, 6) is 0. The molecule has 0 atom stereocenters.